The molecule has 3 atom stereocenters. The first-order chi connectivity index (χ1) is 9.05. The minimum absolute atomic E-state index is 0.00814. The fourth-order valence-corrected chi connectivity index (χ4v) is 3.25. The van der Waals surface area contributed by atoms with Gasteiger partial charge in [-0.2, -0.15) is 0 Å². The Kier molecular flexibility index (Phi) is 3.12. The number of rotatable bonds is 1. The lowest BCUT2D eigenvalue weighted by atomic mass is 9.92. The Morgan fingerprint density at radius 2 is 2.11 bits per heavy atom. The molecule has 2 heterocycles. The van der Waals surface area contributed by atoms with Crippen molar-refractivity contribution < 1.29 is 19.4 Å². The molecule has 104 valence electrons. The molecular weight excluding hydrogens is 244 g/mol. The van der Waals surface area contributed by atoms with Crippen LogP contribution in [0.2, 0.25) is 0 Å². The molecule has 4 heteroatoms. The first-order valence-corrected chi connectivity index (χ1v) is 7.03. The smallest absolute Gasteiger partial charge is 0.178 e. The summed E-state index contributed by atoms with van der Waals surface area (Å²) in [5.41, 5.74) is -0.525. The molecule has 2 spiro atoms. The van der Waals surface area contributed by atoms with Crippen molar-refractivity contribution in [1.29, 1.82) is 0 Å². The number of ether oxygens (including phenoxy) is 2. The molecule has 2 aliphatic heterocycles. The van der Waals surface area contributed by atoms with Crippen molar-refractivity contribution in [2.75, 3.05) is 0 Å². The van der Waals surface area contributed by atoms with Crippen molar-refractivity contribution in [2.24, 2.45) is 0 Å². The molecule has 0 amide bonds. The highest BCUT2D eigenvalue weighted by Gasteiger charge is 2.52. The fourth-order valence-electron chi connectivity index (χ4n) is 3.25. The second-order valence-electron chi connectivity index (χ2n) is 5.78. The summed E-state index contributed by atoms with van der Waals surface area (Å²) in [4.78, 5) is 11.2. The Morgan fingerprint density at radius 3 is 2.79 bits per heavy atom. The number of ketones is 1. The van der Waals surface area contributed by atoms with Gasteiger partial charge in [-0.15, -0.1) is 0 Å². The molecule has 4 nitrogen and oxygen atoms in total. The predicted octanol–water partition coefficient (Wildman–Crippen LogP) is 1.88. The topological polar surface area (TPSA) is 55.8 Å². The molecule has 3 aliphatic rings. The van der Waals surface area contributed by atoms with Gasteiger partial charge in [0.2, 0.25) is 0 Å². The van der Waals surface area contributed by atoms with Crippen LogP contribution in [-0.2, 0) is 14.3 Å². The average Bonchev–Trinajstić information content (AvgIpc) is 2.71. The molecule has 0 aromatic rings. The zero-order valence-electron chi connectivity index (χ0n) is 11.2. The SMILES string of the molecule is CC[C@@H]1C[C@@H](O)C[C@@]2(CCC3(C=CC(=O)C=C3)O2)O1. The summed E-state index contributed by atoms with van der Waals surface area (Å²) in [6, 6.07) is 0. The quantitative estimate of drug-likeness (QED) is 0.785. The lowest BCUT2D eigenvalue weighted by Crippen LogP contribution is -2.47. The molecule has 0 aromatic heterocycles. The van der Waals surface area contributed by atoms with Gasteiger partial charge in [-0.3, -0.25) is 4.79 Å². The Labute approximate surface area is 113 Å². The highest BCUT2D eigenvalue weighted by Crippen LogP contribution is 2.47. The van der Waals surface area contributed by atoms with Crippen molar-refractivity contribution in [3.63, 3.8) is 0 Å². The maximum atomic E-state index is 11.2. The van der Waals surface area contributed by atoms with Crippen LogP contribution in [0.5, 0.6) is 0 Å². The summed E-state index contributed by atoms with van der Waals surface area (Å²) in [7, 11) is 0. The summed E-state index contributed by atoms with van der Waals surface area (Å²) in [5.74, 6) is -0.695. The van der Waals surface area contributed by atoms with Crippen molar-refractivity contribution in [3.05, 3.63) is 24.3 Å². The number of aliphatic hydroxyl groups is 1. The monoisotopic (exact) mass is 264 g/mol. The molecule has 0 saturated carbocycles. The van der Waals surface area contributed by atoms with Crippen LogP contribution in [0.1, 0.15) is 39.0 Å². The molecule has 1 aliphatic carbocycles. The number of aliphatic hydroxyl groups excluding tert-OH is 1. The number of carbonyl (C=O) groups is 1. The van der Waals surface area contributed by atoms with Crippen LogP contribution in [0.25, 0.3) is 0 Å². The summed E-state index contributed by atoms with van der Waals surface area (Å²) in [6.45, 7) is 2.06. The van der Waals surface area contributed by atoms with Crippen LogP contribution >= 0.6 is 0 Å². The number of hydrogen-bond acceptors (Lipinski definition) is 4. The van der Waals surface area contributed by atoms with Crippen molar-refractivity contribution in [3.8, 4) is 0 Å². The first-order valence-electron chi connectivity index (χ1n) is 7.03. The van der Waals surface area contributed by atoms with Gasteiger partial charge in [-0.05, 0) is 43.6 Å². The van der Waals surface area contributed by atoms with E-state index in [1.807, 2.05) is 12.2 Å². The second kappa shape index (κ2) is 4.54. The van der Waals surface area contributed by atoms with Crippen LogP contribution in [0.3, 0.4) is 0 Å². The number of hydrogen-bond donors (Lipinski definition) is 1. The standard InChI is InChI=1S/C15H20O4/c1-2-13-9-12(17)10-15(18-13)8-7-14(19-15)5-3-11(16)4-6-14/h3-6,12-13,17H,2,7-10H2,1H3/t12-,13-,15+/m1/s1. The highest BCUT2D eigenvalue weighted by atomic mass is 16.7. The fraction of sp³-hybridized carbons (Fsp3) is 0.667. The summed E-state index contributed by atoms with van der Waals surface area (Å²) in [5, 5.41) is 10.0. The second-order valence-corrected chi connectivity index (χ2v) is 5.78. The number of allylic oxidation sites excluding steroid dienone is 2. The molecular formula is C15H20O4. The molecule has 2 saturated heterocycles. The predicted molar refractivity (Wildman–Crippen MR) is 69.5 cm³/mol. The van der Waals surface area contributed by atoms with Crippen molar-refractivity contribution in [2.45, 2.75) is 62.6 Å². The van der Waals surface area contributed by atoms with E-state index < -0.39 is 11.4 Å². The van der Waals surface area contributed by atoms with Crippen LogP contribution in [0, 0.1) is 0 Å². The summed E-state index contributed by atoms with van der Waals surface area (Å²) >= 11 is 0. The van der Waals surface area contributed by atoms with Gasteiger partial charge in [0.1, 0.15) is 5.60 Å². The lowest BCUT2D eigenvalue weighted by molar-refractivity contribution is -0.291. The Morgan fingerprint density at radius 1 is 1.37 bits per heavy atom. The van der Waals surface area contributed by atoms with E-state index in [1.165, 1.54) is 0 Å². The highest BCUT2D eigenvalue weighted by molar-refractivity contribution is 6.00. The van der Waals surface area contributed by atoms with Crippen molar-refractivity contribution >= 4 is 5.78 Å². The van der Waals surface area contributed by atoms with Crippen LogP contribution in [-0.4, -0.2) is 34.5 Å². The van der Waals surface area contributed by atoms with Gasteiger partial charge in [0.05, 0.1) is 12.2 Å². The normalized spacial score (nSPS) is 40.4. The average molecular weight is 264 g/mol. The first kappa shape index (κ1) is 13.0. The van der Waals surface area contributed by atoms with Crippen molar-refractivity contribution in [1.82, 2.24) is 0 Å². The van der Waals surface area contributed by atoms with Gasteiger partial charge >= 0.3 is 0 Å². The molecule has 0 radical (unpaired) electrons. The van der Waals surface area contributed by atoms with Crippen LogP contribution in [0.15, 0.2) is 24.3 Å². The summed E-state index contributed by atoms with van der Waals surface area (Å²) in [6.07, 6.45) is 10.0. The van der Waals surface area contributed by atoms with Gasteiger partial charge in [0.15, 0.2) is 11.6 Å². The molecule has 0 unspecified atom stereocenters. The van der Waals surface area contributed by atoms with E-state index >= 15 is 0 Å². The third-order valence-corrected chi connectivity index (χ3v) is 4.25. The van der Waals surface area contributed by atoms with Gasteiger partial charge in [-0.25, -0.2) is 0 Å². The van der Waals surface area contributed by atoms with E-state index in [0.29, 0.717) is 12.8 Å². The molecule has 2 fully saturated rings. The maximum absolute atomic E-state index is 11.2. The molecule has 0 bridgehead atoms. The Hall–Kier alpha value is -0.970. The van der Waals surface area contributed by atoms with E-state index in [4.69, 9.17) is 9.47 Å². The zero-order valence-corrected chi connectivity index (χ0v) is 11.2. The Bertz CT molecular complexity index is 423. The van der Waals surface area contributed by atoms with Gasteiger partial charge in [-0.1, -0.05) is 6.92 Å². The minimum atomic E-state index is -0.687. The molecule has 1 N–H and O–H groups in total. The van der Waals surface area contributed by atoms with E-state index in [2.05, 4.69) is 6.92 Å². The largest absolute Gasteiger partial charge is 0.393 e. The molecule has 3 rings (SSSR count). The third kappa shape index (κ3) is 2.40. The molecule has 19 heavy (non-hydrogen) atoms. The maximum Gasteiger partial charge on any atom is 0.178 e. The lowest BCUT2D eigenvalue weighted by Gasteiger charge is -2.41. The number of carbonyl (C=O) groups excluding carboxylic acids is 1. The van der Waals surface area contributed by atoms with Crippen LogP contribution in [0.4, 0.5) is 0 Å². The van der Waals surface area contributed by atoms with Crippen LogP contribution < -0.4 is 0 Å². The van der Waals surface area contributed by atoms with Gasteiger partial charge in [0.25, 0.3) is 0 Å². The van der Waals surface area contributed by atoms with E-state index in [9.17, 15) is 9.90 Å². The minimum Gasteiger partial charge on any atom is -0.393 e. The summed E-state index contributed by atoms with van der Waals surface area (Å²) < 4.78 is 12.2. The molecule has 0 aromatic carbocycles. The van der Waals surface area contributed by atoms with E-state index in [0.717, 1.165) is 19.3 Å². The van der Waals surface area contributed by atoms with E-state index in [-0.39, 0.29) is 18.0 Å². The Balaban J connectivity index is 1.79. The van der Waals surface area contributed by atoms with E-state index in [1.54, 1.807) is 12.2 Å². The van der Waals surface area contributed by atoms with Gasteiger partial charge in [0, 0.05) is 12.8 Å². The zero-order chi connectivity index (χ0) is 13.5. The third-order valence-electron chi connectivity index (χ3n) is 4.25. The van der Waals surface area contributed by atoms with Gasteiger partial charge < -0.3 is 14.6 Å².